The second-order valence-corrected chi connectivity index (χ2v) is 3.81. The maximum atomic E-state index is 13.4. The molecule has 0 amide bonds. The van der Waals surface area contributed by atoms with E-state index in [4.69, 9.17) is 11.6 Å². The number of rotatable bonds is 4. The van der Waals surface area contributed by atoms with Crippen LogP contribution < -0.4 is 5.32 Å². The van der Waals surface area contributed by atoms with Crippen LogP contribution in [0.2, 0.25) is 5.02 Å². The van der Waals surface area contributed by atoms with Gasteiger partial charge < -0.3 is 5.32 Å². The average molecular weight is 216 g/mol. The summed E-state index contributed by atoms with van der Waals surface area (Å²) in [5.41, 5.74) is 0.623. The highest BCUT2D eigenvalue weighted by molar-refractivity contribution is 6.30. The Bertz CT molecular complexity index is 301. The van der Waals surface area contributed by atoms with Gasteiger partial charge in [-0.1, -0.05) is 30.7 Å². The normalized spacial score (nSPS) is 12.9. The lowest BCUT2D eigenvalue weighted by Gasteiger charge is -2.11. The third kappa shape index (κ3) is 2.96. The molecule has 1 N–H and O–H groups in total. The van der Waals surface area contributed by atoms with Crippen molar-refractivity contribution in [1.29, 1.82) is 0 Å². The Kier molecular flexibility index (Phi) is 4.36. The van der Waals surface area contributed by atoms with Gasteiger partial charge in [-0.05, 0) is 19.4 Å². The molecule has 0 saturated heterocycles. The van der Waals surface area contributed by atoms with Crippen LogP contribution in [0.25, 0.3) is 0 Å². The van der Waals surface area contributed by atoms with E-state index in [1.165, 1.54) is 0 Å². The molecule has 0 saturated carbocycles. The molecule has 0 aromatic heterocycles. The first-order valence-electron chi connectivity index (χ1n) is 4.81. The van der Waals surface area contributed by atoms with E-state index in [2.05, 4.69) is 19.2 Å². The average Bonchev–Trinajstić information content (AvgIpc) is 2.20. The molecule has 1 nitrogen and oxygen atoms in total. The Morgan fingerprint density at radius 1 is 1.50 bits per heavy atom. The van der Waals surface area contributed by atoms with Crippen LogP contribution in [0, 0.1) is 5.82 Å². The topological polar surface area (TPSA) is 12.0 Å². The summed E-state index contributed by atoms with van der Waals surface area (Å²) in [7, 11) is 0. The lowest BCUT2D eigenvalue weighted by Crippen LogP contribution is -2.24. The Morgan fingerprint density at radius 3 is 2.86 bits per heavy atom. The van der Waals surface area contributed by atoms with E-state index in [-0.39, 0.29) is 10.8 Å². The van der Waals surface area contributed by atoms with E-state index in [0.29, 0.717) is 18.2 Å². The highest BCUT2D eigenvalue weighted by Gasteiger charge is 2.06. The summed E-state index contributed by atoms with van der Waals surface area (Å²) < 4.78 is 13.4. The van der Waals surface area contributed by atoms with Gasteiger partial charge in [-0.3, -0.25) is 0 Å². The first-order valence-corrected chi connectivity index (χ1v) is 5.19. The van der Waals surface area contributed by atoms with E-state index < -0.39 is 0 Å². The first kappa shape index (κ1) is 11.5. The smallest absolute Gasteiger partial charge is 0.146 e. The van der Waals surface area contributed by atoms with Gasteiger partial charge in [0.05, 0.1) is 5.02 Å². The van der Waals surface area contributed by atoms with Gasteiger partial charge in [-0.15, -0.1) is 0 Å². The number of hydrogen-bond acceptors (Lipinski definition) is 1. The number of nitrogens with one attached hydrogen (secondary N) is 1. The zero-order valence-electron chi connectivity index (χ0n) is 8.48. The van der Waals surface area contributed by atoms with Crippen LogP contribution in [0.1, 0.15) is 25.8 Å². The molecule has 3 heteroatoms. The van der Waals surface area contributed by atoms with Crippen LogP contribution in [-0.4, -0.2) is 6.04 Å². The van der Waals surface area contributed by atoms with Crippen LogP contribution in [0.15, 0.2) is 18.2 Å². The van der Waals surface area contributed by atoms with Crippen molar-refractivity contribution in [3.63, 3.8) is 0 Å². The maximum Gasteiger partial charge on any atom is 0.146 e. The summed E-state index contributed by atoms with van der Waals surface area (Å²) in [6.45, 7) is 4.69. The maximum absolute atomic E-state index is 13.4. The molecule has 0 aliphatic carbocycles. The second kappa shape index (κ2) is 5.32. The Morgan fingerprint density at radius 2 is 2.21 bits per heavy atom. The molecule has 1 aromatic rings. The van der Waals surface area contributed by atoms with Crippen LogP contribution in [0.4, 0.5) is 4.39 Å². The van der Waals surface area contributed by atoms with Crippen molar-refractivity contribution in [3.05, 3.63) is 34.6 Å². The molecule has 1 aromatic carbocycles. The zero-order chi connectivity index (χ0) is 10.6. The minimum Gasteiger partial charge on any atom is -0.310 e. The van der Waals surface area contributed by atoms with Crippen molar-refractivity contribution in [2.45, 2.75) is 32.9 Å². The molecule has 1 atom stereocenters. The van der Waals surface area contributed by atoms with Gasteiger partial charge >= 0.3 is 0 Å². The molecular weight excluding hydrogens is 201 g/mol. The minimum atomic E-state index is -0.315. The number of benzene rings is 1. The minimum absolute atomic E-state index is 0.188. The van der Waals surface area contributed by atoms with Crippen molar-refractivity contribution in [3.8, 4) is 0 Å². The molecule has 0 spiro atoms. The van der Waals surface area contributed by atoms with Gasteiger partial charge in [-0.25, -0.2) is 4.39 Å². The third-order valence-electron chi connectivity index (χ3n) is 2.28. The van der Waals surface area contributed by atoms with Crippen molar-refractivity contribution >= 4 is 11.6 Å². The van der Waals surface area contributed by atoms with E-state index in [0.717, 1.165) is 6.42 Å². The number of halogens is 2. The standard InChI is InChI=1S/C11H15ClFN/c1-3-8(2)14-7-9-5-4-6-10(12)11(9)13/h4-6,8,14H,3,7H2,1-2H3/t8-/m0/s1. The molecule has 0 aliphatic heterocycles. The van der Waals surface area contributed by atoms with Crippen LogP contribution >= 0.6 is 11.6 Å². The van der Waals surface area contributed by atoms with Crippen molar-refractivity contribution in [2.75, 3.05) is 0 Å². The predicted octanol–water partition coefficient (Wildman–Crippen LogP) is 3.37. The van der Waals surface area contributed by atoms with Crippen molar-refractivity contribution in [1.82, 2.24) is 5.32 Å². The third-order valence-corrected chi connectivity index (χ3v) is 2.58. The molecule has 0 fully saturated rings. The largest absolute Gasteiger partial charge is 0.310 e. The van der Waals surface area contributed by atoms with Gasteiger partial charge in [-0.2, -0.15) is 0 Å². The van der Waals surface area contributed by atoms with Crippen LogP contribution in [0.3, 0.4) is 0 Å². The molecule has 0 bridgehead atoms. The molecule has 0 heterocycles. The van der Waals surface area contributed by atoms with E-state index >= 15 is 0 Å². The summed E-state index contributed by atoms with van der Waals surface area (Å²) >= 11 is 5.66. The van der Waals surface area contributed by atoms with Gasteiger partial charge in [0, 0.05) is 18.2 Å². The molecule has 0 radical (unpaired) electrons. The fourth-order valence-corrected chi connectivity index (χ4v) is 1.31. The Balaban J connectivity index is 2.63. The lowest BCUT2D eigenvalue weighted by molar-refractivity contribution is 0.517. The van der Waals surface area contributed by atoms with Crippen molar-refractivity contribution in [2.24, 2.45) is 0 Å². The van der Waals surface area contributed by atoms with E-state index in [1.54, 1.807) is 18.2 Å². The van der Waals surface area contributed by atoms with Gasteiger partial charge in [0.1, 0.15) is 5.82 Å². The summed E-state index contributed by atoms with van der Waals surface area (Å²) in [6.07, 6.45) is 1.03. The Hall–Kier alpha value is -0.600. The van der Waals surface area contributed by atoms with Gasteiger partial charge in [0.15, 0.2) is 0 Å². The zero-order valence-corrected chi connectivity index (χ0v) is 9.24. The fraction of sp³-hybridized carbons (Fsp3) is 0.455. The first-order chi connectivity index (χ1) is 6.65. The monoisotopic (exact) mass is 215 g/mol. The second-order valence-electron chi connectivity index (χ2n) is 3.40. The summed E-state index contributed by atoms with van der Waals surface area (Å²) in [5, 5.41) is 3.41. The SMILES string of the molecule is CC[C@H](C)NCc1cccc(Cl)c1F. The quantitative estimate of drug-likeness (QED) is 0.812. The van der Waals surface area contributed by atoms with Gasteiger partial charge in [0.25, 0.3) is 0 Å². The number of hydrogen-bond donors (Lipinski definition) is 1. The van der Waals surface area contributed by atoms with Crippen LogP contribution in [0.5, 0.6) is 0 Å². The molecule has 14 heavy (non-hydrogen) atoms. The Labute approximate surface area is 89.3 Å². The lowest BCUT2D eigenvalue weighted by atomic mass is 10.2. The summed E-state index contributed by atoms with van der Waals surface area (Å²) in [5.74, 6) is -0.315. The summed E-state index contributed by atoms with van der Waals surface area (Å²) in [4.78, 5) is 0. The highest BCUT2D eigenvalue weighted by Crippen LogP contribution is 2.17. The predicted molar refractivity (Wildman–Crippen MR) is 58.0 cm³/mol. The molecule has 1 rings (SSSR count). The summed E-state index contributed by atoms with van der Waals surface area (Å²) in [6, 6.07) is 5.47. The van der Waals surface area contributed by atoms with E-state index in [1.807, 2.05) is 0 Å². The van der Waals surface area contributed by atoms with Crippen LogP contribution in [-0.2, 0) is 6.54 Å². The fourth-order valence-electron chi connectivity index (χ4n) is 1.11. The molecule has 78 valence electrons. The molecule has 0 aliphatic rings. The molecular formula is C11H15ClFN. The van der Waals surface area contributed by atoms with Gasteiger partial charge in [0.2, 0.25) is 0 Å². The highest BCUT2D eigenvalue weighted by atomic mass is 35.5. The van der Waals surface area contributed by atoms with Crippen molar-refractivity contribution < 1.29 is 4.39 Å². The molecule has 0 unspecified atom stereocenters. The van der Waals surface area contributed by atoms with E-state index in [9.17, 15) is 4.39 Å².